The summed E-state index contributed by atoms with van der Waals surface area (Å²) in [5, 5.41) is 20.2. The van der Waals surface area contributed by atoms with E-state index >= 15 is 0 Å². The molecule has 9 nitrogen and oxygen atoms in total. The van der Waals surface area contributed by atoms with Gasteiger partial charge in [-0.2, -0.15) is 0 Å². The van der Waals surface area contributed by atoms with Gasteiger partial charge in [0.15, 0.2) is 0 Å². The number of fused-ring (bicyclic) bond motifs is 1. The van der Waals surface area contributed by atoms with Crippen LogP contribution in [0, 0.1) is 0 Å². The van der Waals surface area contributed by atoms with Crippen LogP contribution < -0.4 is 11.1 Å². The summed E-state index contributed by atoms with van der Waals surface area (Å²) in [6.07, 6.45) is 0.526. The largest absolute Gasteiger partial charge is 0.480 e. The van der Waals surface area contributed by atoms with E-state index in [-0.39, 0.29) is 24.1 Å². The summed E-state index contributed by atoms with van der Waals surface area (Å²) >= 11 is 1.35. The van der Waals surface area contributed by atoms with Crippen molar-refractivity contribution in [2.24, 2.45) is 5.73 Å². The molecule has 0 saturated carbocycles. The summed E-state index contributed by atoms with van der Waals surface area (Å²) in [5.41, 5.74) is 5.36. The highest BCUT2D eigenvalue weighted by Crippen LogP contribution is 2.50. The molecule has 0 radical (unpaired) electrons. The van der Waals surface area contributed by atoms with Gasteiger partial charge in [0.1, 0.15) is 23.5 Å². The number of thioether (sulfide) groups is 1. The third kappa shape index (κ3) is 3.34. The highest BCUT2D eigenvalue weighted by Gasteiger charge is 2.64. The number of hydrogen-bond donors (Lipinski definition) is 4. The van der Waals surface area contributed by atoms with E-state index < -0.39 is 40.7 Å². The maximum Gasteiger partial charge on any atom is 0.327 e. The first-order chi connectivity index (χ1) is 11.1. The lowest BCUT2D eigenvalue weighted by Crippen LogP contribution is -2.70. The Kier molecular flexibility index (Phi) is 5.09. The van der Waals surface area contributed by atoms with Crippen LogP contribution in [0.1, 0.15) is 33.1 Å². The van der Waals surface area contributed by atoms with Gasteiger partial charge in [-0.1, -0.05) is 0 Å². The summed E-state index contributed by atoms with van der Waals surface area (Å²) in [4.78, 5) is 47.4. The maximum absolute atomic E-state index is 12.2. The van der Waals surface area contributed by atoms with Crippen molar-refractivity contribution in [1.82, 2.24) is 10.2 Å². The number of nitrogens with two attached hydrogens (primary N) is 1. The third-order valence-electron chi connectivity index (χ3n) is 4.23. The second-order valence-electron chi connectivity index (χ2n) is 6.48. The molecule has 4 atom stereocenters. The Balaban J connectivity index is 1.87. The second-order valence-corrected chi connectivity index (χ2v) is 8.25. The Morgan fingerprint density at radius 2 is 2.00 bits per heavy atom. The van der Waals surface area contributed by atoms with Gasteiger partial charge >= 0.3 is 11.9 Å². The molecule has 10 heteroatoms. The fourth-order valence-electron chi connectivity index (χ4n) is 3.00. The molecule has 0 aromatic carbocycles. The average Bonchev–Trinajstić information content (AvgIpc) is 2.73. The van der Waals surface area contributed by atoms with Crippen molar-refractivity contribution in [1.29, 1.82) is 0 Å². The molecule has 0 bridgehead atoms. The van der Waals surface area contributed by atoms with Gasteiger partial charge in [0.2, 0.25) is 11.8 Å². The van der Waals surface area contributed by atoms with E-state index in [9.17, 15) is 24.3 Å². The monoisotopic (exact) mass is 359 g/mol. The fourth-order valence-corrected chi connectivity index (χ4v) is 4.62. The van der Waals surface area contributed by atoms with Crippen molar-refractivity contribution in [3.8, 4) is 0 Å². The lowest BCUT2D eigenvalue weighted by atomic mass is 9.96. The van der Waals surface area contributed by atoms with Crippen LogP contribution in [0.5, 0.6) is 0 Å². The van der Waals surface area contributed by atoms with Gasteiger partial charge in [-0.05, 0) is 26.7 Å². The summed E-state index contributed by atoms with van der Waals surface area (Å²) < 4.78 is -0.639. The highest BCUT2D eigenvalue weighted by atomic mass is 32.2. The van der Waals surface area contributed by atoms with Crippen LogP contribution in [0.3, 0.4) is 0 Å². The molecule has 0 aromatic heterocycles. The average molecular weight is 359 g/mol. The smallest absolute Gasteiger partial charge is 0.327 e. The first-order valence-corrected chi connectivity index (χ1v) is 8.45. The lowest BCUT2D eigenvalue weighted by Gasteiger charge is -2.43. The Morgan fingerprint density at radius 1 is 1.38 bits per heavy atom. The number of carbonyl (C=O) groups excluding carboxylic acids is 2. The zero-order chi connectivity index (χ0) is 18.2. The normalized spacial score (nSPS) is 28.7. The molecule has 2 amide bonds. The van der Waals surface area contributed by atoms with Crippen molar-refractivity contribution in [2.75, 3.05) is 0 Å². The molecule has 134 valence electrons. The van der Waals surface area contributed by atoms with Gasteiger partial charge in [-0.15, -0.1) is 11.8 Å². The van der Waals surface area contributed by atoms with Crippen LogP contribution in [0.15, 0.2) is 0 Å². The first kappa shape index (κ1) is 18.5. The molecule has 2 saturated heterocycles. The van der Waals surface area contributed by atoms with E-state index in [0.29, 0.717) is 6.42 Å². The summed E-state index contributed by atoms with van der Waals surface area (Å²) in [7, 11) is 0. The molecule has 0 aliphatic carbocycles. The van der Waals surface area contributed by atoms with Crippen molar-refractivity contribution in [2.45, 2.75) is 61.4 Å². The third-order valence-corrected chi connectivity index (χ3v) is 5.80. The molecular formula is C14H21N3O6S. The van der Waals surface area contributed by atoms with Crippen LogP contribution in [0.4, 0.5) is 0 Å². The molecule has 24 heavy (non-hydrogen) atoms. The fraction of sp³-hybridized carbons (Fsp3) is 0.714. The first-order valence-electron chi connectivity index (χ1n) is 7.57. The van der Waals surface area contributed by atoms with Gasteiger partial charge in [0.25, 0.3) is 0 Å². The molecular weight excluding hydrogens is 338 g/mol. The van der Waals surface area contributed by atoms with Gasteiger partial charge in [0, 0.05) is 11.2 Å². The molecule has 3 unspecified atom stereocenters. The number of hydrogen-bond acceptors (Lipinski definition) is 6. The standard InChI is InChI=1S/C14H21N3O6S/c1-14(2)9(13(22)23)17-10(19)8(11(17)24-14)16-7(18)5-3-4-6(15)12(20)21/h6,8-9,11H,3-5,15H2,1-2H3,(H,16,18)(H,20,21)(H,22,23)/t6-,8?,9?,11?/m1/s1. The van der Waals surface area contributed by atoms with Gasteiger partial charge in [0.05, 0.1) is 0 Å². The number of carboxylic acid groups (broad SMARTS) is 2. The van der Waals surface area contributed by atoms with Crippen LogP contribution in [-0.2, 0) is 19.2 Å². The number of carbonyl (C=O) groups is 4. The summed E-state index contributed by atoms with van der Waals surface area (Å²) in [5.74, 6) is -2.95. The Morgan fingerprint density at radius 3 is 2.54 bits per heavy atom. The van der Waals surface area contributed by atoms with Gasteiger partial charge in [-0.3, -0.25) is 14.4 Å². The van der Waals surface area contributed by atoms with Crippen LogP contribution in [0.25, 0.3) is 0 Å². The molecule has 5 N–H and O–H groups in total. The van der Waals surface area contributed by atoms with Gasteiger partial charge < -0.3 is 26.2 Å². The predicted molar refractivity (Wildman–Crippen MR) is 85.1 cm³/mol. The minimum atomic E-state index is -1.12. The van der Waals surface area contributed by atoms with Crippen molar-refractivity contribution >= 4 is 35.5 Å². The van der Waals surface area contributed by atoms with E-state index in [4.69, 9.17) is 10.8 Å². The topological polar surface area (TPSA) is 150 Å². The molecule has 2 aliphatic heterocycles. The van der Waals surface area contributed by atoms with Crippen molar-refractivity contribution < 1.29 is 29.4 Å². The number of nitrogens with one attached hydrogen (secondary N) is 1. The minimum Gasteiger partial charge on any atom is -0.480 e. The number of carboxylic acids is 2. The van der Waals surface area contributed by atoms with Crippen LogP contribution >= 0.6 is 11.8 Å². The van der Waals surface area contributed by atoms with E-state index in [1.807, 2.05) is 0 Å². The molecule has 2 fully saturated rings. The number of aliphatic carboxylic acids is 2. The van der Waals surface area contributed by atoms with Crippen molar-refractivity contribution in [3.63, 3.8) is 0 Å². The minimum absolute atomic E-state index is 0.0634. The van der Waals surface area contributed by atoms with E-state index in [2.05, 4.69) is 5.32 Å². The van der Waals surface area contributed by atoms with Crippen LogP contribution in [-0.4, -0.2) is 67.1 Å². The SMILES string of the molecule is CC1(C)SC2C(NC(=O)CCC[C@@H](N)C(=O)O)C(=O)N2C1C(=O)O. The van der Waals surface area contributed by atoms with Crippen molar-refractivity contribution in [3.05, 3.63) is 0 Å². The lowest BCUT2D eigenvalue weighted by molar-refractivity contribution is -0.161. The Hall–Kier alpha value is -1.81. The van der Waals surface area contributed by atoms with E-state index in [1.54, 1.807) is 13.8 Å². The Bertz CT molecular complexity index is 581. The number of rotatable bonds is 7. The maximum atomic E-state index is 12.2. The molecule has 2 rings (SSSR count). The van der Waals surface area contributed by atoms with E-state index in [0.717, 1.165) is 0 Å². The Labute approximate surface area is 142 Å². The second kappa shape index (κ2) is 6.60. The zero-order valence-electron chi connectivity index (χ0n) is 13.4. The predicted octanol–water partition coefficient (Wildman–Crippen LogP) is -0.800. The molecule has 0 spiro atoms. The number of β-lactam (4-membered cyclic amide) rings is 1. The highest BCUT2D eigenvalue weighted by molar-refractivity contribution is 8.01. The number of nitrogens with zero attached hydrogens (tertiary/aromatic N) is 1. The molecule has 2 heterocycles. The zero-order valence-corrected chi connectivity index (χ0v) is 14.2. The van der Waals surface area contributed by atoms with Gasteiger partial charge in [-0.25, -0.2) is 4.79 Å². The van der Waals surface area contributed by atoms with Crippen LogP contribution in [0.2, 0.25) is 0 Å². The summed E-state index contributed by atoms with van der Waals surface area (Å²) in [6, 6.07) is -2.66. The number of amides is 2. The molecule has 0 aromatic rings. The quantitative estimate of drug-likeness (QED) is 0.431. The van der Waals surface area contributed by atoms with E-state index in [1.165, 1.54) is 16.7 Å². The molecule has 2 aliphatic rings. The summed E-state index contributed by atoms with van der Waals surface area (Å²) in [6.45, 7) is 3.52.